The molecule has 0 saturated carbocycles. The predicted molar refractivity (Wildman–Crippen MR) is 87.3 cm³/mol. The van der Waals surface area contributed by atoms with Crippen molar-refractivity contribution in [3.8, 4) is 27.8 Å². The number of benzene rings is 2. The average molecular weight is 320 g/mol. The molecule has 1 N–H and O–H groups in total. The van der Waals surface area contributed by atoms with Crippen molar-refractivity contribution in [1.29, 1.82) is 5.26 Å². The fourth-order valence-electron chi connectivity index (χ4n) is 2.50. The summed E-state index contributed by atoms with van der Waals surface area (Å²) in [5.74, 6) is -0.210. The highest BCUT2D eigenvalue weighted by Crippen LogP contribution is 2.36. The first-order valence-corrected chi connectivity index (χ1v) is 7.68. The van der Waals surface area contributed by atoms with Crippen molar-refractivity contribution in [2.45, 2.75) is 0 Å². The van der Waals surface area contributed by atoms with Crippen LogP contribution in [0, 0.1) is 17.1 Å². The summed E-state index contributed by atoms with van der Waals surface area (Å²) in [6.45, 7) is 0. The number of halogens is 1. The van der Waals surface area contributed by atoms with Crippen molar-refractivity contribution in [2.75, 3.05) is 0 Å². The molecule has 110 valence electrons. The lowest BCUT2D eigenvalue weighted by Gasteiger charge is -2.01. The van der Waals surface area contributed by atoms with E-state index < -0.39 is 0 Å². The van der Waals surface area contributed by atoms with Crippen LogP contribution in [0.25, 0.3) is 31.8 Å². The summed E-state index contributed by atoms with van der Waals surface area (Å²) in [5, 5.41) is 20.2. The van der Waals surface area contributed by atoms with Gasteiger partial charge in [-0.15, -0.1) is 16.4 Å². The molecule has 0 saturated heterocycles. The van der Waals surface area contributed by atoms with E-state index in [0.29, 0.717) is 16.1 Å². The molecule has 2 aromatic carbocycles. The van der Waals surface area contributed by atoms with Crippen LogP contribution in [0.5, 0.6) is 0 Å². The van der Waals surface area contributed by atoms with E-state index in [1.165, 1.54) is 17.4 Å². The first-order chi connectivity index (χ1) is 11.3. The van der Waals surface area contributed by atoms with Gasteiger partial charge in [-0.25, -0.2) is 9.49 Å². The Kier molecular flexibility index (Phi) is 3.14. The molecule has 4 rings (SSSR count). The normalized spacial score (nSPS) is 10.8. The quantitative estimate of drug-likeness (QED) is 0.596. The first-order valence-electron chi connectivity index (χ1n) is 6.86. The number of aromatic nitrogens is 3. The Morgan fingerprint density at radius 1 is 1.09 bits per heavy atom. The van der Waals surface area contributed by atoms with Gasteiger partial charge in [0.2, 0.25) is 0 Å². The van der Waals surface area contributed by atoms with E-state index in [9.17, 15) is 4.39 Å². The van der Waals surface area contributed by atoms with Gasteiger partial charge >= 0.3 is 0 Å². The number of hydrogen-bond donors (Lipinski definition) is 1. The van der Waals surface area contributed by atoms with E-state index in [1.807, 2.05) is 42.5 Å². The molecular weight excluding hydrogens is 311 g/mol. The number of H-pyrrole nitrogens is 1. The summed E-state index contributed by atoms with van der Waals surface area (Å²) in [6.07, 6.45) is 0. The van der Waals surface area contributed by atoms with Crippen molar-refractivity contribution in [2.24, 2.45) is 0 Å². The summed E-state index contributed by atoms with van der Waals surface area (Å²) in [6, 6.07) is 16.7. The van der Waals surface area contributed by atoms with Crippen LogP contribution in [-0.2, 0) is 0 Å². The van der Waals surface area contributed by atoms with Crippen LogP contribution in [0.1, 0.15) is 5.69 Å². The van der Waals surface area contributed by atoms with Gasteiger partial charge in [-0.05, 0) is 29.1 Å². The Bertz CT molecular complexity index is 1060. The number of aromatic amines is 1. The Morgan fingerprint density at radius 3 is 2.74 bits per heavy atom. The molecule has 23 heavy (non-hydrogen) atoms. The maximum Gasteiger partial charge on any atom is 0.163 e. The molecule has 0 aliphatic heterocycles. The zero-order valence-corrected chi connectivity index (χ0v) is 12.6. The van der Waals surface area contributed by atoms with Gasteiger partial charge in [0, 0.05) is 10.4 Å². The molecule has 4 nitrogen and oxygen atoms in total. The first kappa shape index (κ1) is 13.6. The van der Waals surface area contributed by atoms with Crippen LogP contribution in [0.2, 0.25) is 0 Å². The van der Waals surface area contributed by atoms with E-state index in [4.69, 9.17) is 5.26 Å². The molecule has 0 spiro atoms. The van der Waals surface area contributed by atoms with E-state index in [-0.39, 0.29) is 5.82 Å². The lowest BCUT2D eigenvalue weighted by Crippen LogP contribution is -1.83. The second-order valence-corrected chi connectivity index (χ2v) is 6.05. The van der Waals surface area contributed by atoms with Crippen molar-refractivity contribution in [1.82, 2.24) is 15.4 Å². The third-order valence-corrected chi connectivity index (χ3v) is 4.79. The van der Waals surface area contributed by atoms with Crippen molar-refractivity contribution in [3.63, 3.8) is 0 Å². The molecule has 0 atom stereocenters. The summed E-state index contributed by atoms with van der Waals surface area (Å²) in [4.78, 5) is 0.967. The number of nitrogens with zero attached hydrogens (tertiary/aromatic N) is 3. The summed E-state index contributed by atoms with van der Waals surface area (Å²) >= 11 is 1.41. The fourth-order valence-corrected chi connectivity index (χ4v) is 3.56. The smallest absolute Gasteiger partial charge is 0.163 e. The maximum atomic E-state index is 13.9. The topological polar surface area (TPSA) is 65.4 Å². The molecule has 0 aliphatic rings. The van der Waals surface area contributed by atoms with Gasteiger partial charge < -0.3 is 0 Å². The van der Waals surface area contributed by atoms with E-state index in [1.54, 1.807) is 6.07 Å². The zero-order valence-electron chi connectivity index (χ0n) is 11.7. The largest absolute Gasteiger partial charge is 0.247 e. The Balaban J connectivity index is 1.85. The van der Waals surface area contributed by atoms with E-state index in [0.717, 1.165) is 21.4 Å². The molecule has 0 bridgehead atoms. The molecule has 0 unspecified atom stereocenters. The highest BCUT2D eigenvalue weighted by atomic mass is 32.1. The standard InChI is InChI=1S/C17H9FN4S/c18-13-6-2-5-12-8-15(23-17(12)13)10-3-1-4-11(7-10)16-14(9-19)20-22-21-16/h1-8H,(H,20,21,22). The second kappa shape index (κ2) is 5.30. The number of hydrogen-bond acceptors (Lipinski definition) is 4. The van der Waals surface area contributed by atoms with E-state index in [2.05, 4.69) is 15.4 Å². The minimum Gasteiger partial charge on any atom is -0.247 e. The van der Waals surface area contributed by atoms with Gasteiger partial charge in [-0.1, -0.05) is 35.5 Å². The van der Waals surface area contributed by atoms with Gasteiger partial charge in [-0.2, -0.15) is 5.26 Å². The van der Waals surface area contributed by atoms with E-state index >= 15 is 0 Å². The second-order valence-electron chi connectivity index (χ2n) is 5.00. The van der Waals surface area contributed by atoms with Crippen molar-refractivity contribution >= 4 is 21.4 Å². The summed E-state index contributed by atoms with van der Waals surface area (Å²) in [7, 11) is 0. The molecule has 2 heterocycles. The lowest BCUT2D eigenvalue weighted by molar-refractivity contribution is 0.642. The Labute approximate surface area is 134 Å². The molecule has 0 amide bonds. The van der Waals surface area contributed by atoms with Crippen molar-refractivity contribution < 1.29 is 4.39 Å². The average Bonchev–Trinajstić information content (AvgIpc) is 3.22. The SMILES string of the molecule is N#Cc1[nH]nnc1-c1cccc(-c2cc3cccc(F)c3s2)c1. The zero-order chi connectivity index (χ0) is 15.8. The van der Waals surface area contributed by atoms with Crippen molar-refractivity contribution in [3.05, 3.63) is 60.0 Å². The number of nitrogens with one attached hydrogen (secondary N) is 1. The molecular formula is C17H9FN4S. The third kappa shape index (κ3) is 2.28. The predicted octanol–water partition coefficient (Wildman–Crippen LogP) is 4.36. The lowest BCUT2D eigenvalue weighted by atomic mass is 10.1. The van der Waals surface area contributed by atoms with Crippen LogP contribution in [0.15, 0.2) is 48.5 Å². The number of fused-ring (bicyclic) bond motifs is 1. The van der Waals surface area contributed by atoms with Crippen LogP contribution in [-0.4, -0.2) is 15.4 Å². The van der Waals surface area contributed by atoms with Crippen LogP contribution in [0.4, 0.5) is 4.39 Å². The monoisotopic (exact) mass is 320 g/mol. The molecule has 0 fully saturated rings. The number of thiophene rings is 1. The van der Waals surface area contributed by atoms with Gasteiger partial charge in [0.25, 0.3) is 0 Å². The van der Waals surface area contributed by atoms with Gasteiger partial charge in [0.15, 0.2) is 5.69 Å². The van der Waals surface area contributed by atoms with Gasteiger partial charge in [-0.3, -0.25) is 0 Å². The summed E-state index contributed by atoms with van der Waals surface area (Å²) < 4.78 is 14.5. The van der Waals surface area contributed by atoms with Crippen LogP contribution >= 0.6 is 11.3 Å². The highest BCUT2D eigenvalue weighted by Gasteiger charge is 2.12. The van der Waals surface area contributed by atoms with Crippen LogP contribution in [0.3, 0.4) is 0 Å². The molecule has 2 aromatic heterocycles. The van der Waals surface area contributed by atoms with Gasteiger partial charge in [0.05, 0.1) is 4.70 Å². The highest BCUT2D eigenvalue weighted by molar-refractivity contribution is 7.22. The summed E-state index contributed by atoms with van der Waals surface area (Å²) in [5.41, 5.74) is 2.59. The third-order valence-electron chi connectivity index (χ3n) is 3.58. The minimum absolute atomic E-state index is 0.210. The molecule has 0 aliphatic carbocycles. The molecule has 4 aromatic rings. The number of rotatable bonds is 2. The van der Waals surface area contributed by atoms with Crippen LogP contribution < -0.4 is 0 Å². The Hall–Kier alpha value is -3.04. The van der Waals surface area contributed by atoms with Gasteiger partial charge in [0.1, 0.15) is 17.6 Å². The number of nitriles is 1. The fraction of sp³-hybridized carbons (Fsp3) is 0. The maximum absolute atomic E-state index is 13.9. The Morgan fingerprint density at radius 2 is 1.91 bits per heavy atom. The minimum atomic E-state index is -0.210. The molecule has 0 radical (unpaired) electrons. The molecule has 6 heteroatoms.